The van der Waals surface area contributed by atoms with Crippen LogP contribution in [-0.2, 0) is 0 Å². The molecule has 0 amide bonds. The van der Waals surface area contributed by atoms with E-state index in [1.165, 1.54) is 0 Å². The maximum Gasteiger partial charge on any atom is 0.179 e. The predicted molar refractivity (Wildman–Crippen MR) is 86.4 cm³/mol. The van der Waals surface area contributed by atoms with Crippen LogP contribution in [0.5, 0.6) is 0 Å². The number of nitrogens with zero attached hydrogens (tertiary/aromatic N) is 4. The Kier molecular flexibility index (Phi) is 2.93. The topological polar surface area (TPSA) is 43.1 Å². The first-order chi connectivity index (χ1) is 10.8. The number of aromatic nitrogens is 4. The average molecular weight is 286 g/mol. The number of benzene rings is 2. The summed E-state index contributed by atoms with van der Waals surface area (Å²) in [5, 5.41) is 8.38. The van der Waals surface area contributed by atoms with Crippen LogP contribution < -0.4 is 0 Å². The van der Waals surface area contributed by atoms with E-state index in [2.05, 4.69) is 43.8 Å². The van der Waals surface area contributed by atoms with E-state index in [0.717, 1.165) is 34.0 Å². The molecule has 2 heterocycles. The monoisotopic (exact) mass is 286 g/mol. The molecule has 4 rings (SSSR count). The summed E-state index contributed by atoms with van der Waals surface area (Å²) < 4.78 is 2.06. The van der Waals surface area contributed by atoms with Gasteiger partial charge in [0.25, 0.3) is 0 Å². The standard InChI is InChI=1S/C18H14N4/c1-13-20-21-16-12-19-17(14-8-4-2-5-9-14)18(22(13)16)15-10-6-3-7-11-15/h2-12H,1H3. The van der Waals surface area contributed by atoms with Gasteiger partial charge in [-0.1, -0.05) is 60.7 Å². The number of hydrogen-bond acceptors (Lipinski definition) is 3. The van der Waals surface area contributed by atoms with E-state index >= 15 is 0 Å². The highest BCUT2D eigenvalue weighted by atomic mass is 15.3. The minimum absolute atomic E-state index is 0.760. The lowest BCUT2D eigenvalue weighted by Gasteiger charge is -2.12. The molecule has 2 aromatic carbocycles. The van der Waals surface area contributed by atoms with E-state index < -0.39 is 0 Å². The first-order valence-corrected chi connectivity index (χ1v) is 7.16. The molecule has 0 unspecified atom stereocenters. The summed E-state index contributed by atoms with van der Waals surface area (Å²) in [7, 11) is 0. The summed E-state index contributed by atoms with van der Waals surface area (Å²) in [5.74, 6) is 0.855. The molecular formula is C18H14N4. The number of hydrogen-bond donors (Lipinski definition) is 0. The fraction of sp³-hybridized carbons (Fsp3) is 0.0556. The van der Waals surface area contributed by atoms with Crippen LogP contribution in [0.25, 0.3) is 28.2 Å². The number of aryl methyl sites for hydroxylation is 1. The van der Waals surface area contributed by atoms with Gasteiger partial charge in [0.05, 0.1) is 17.6 Å². The first kappa shape index (κ1) is 12.7. The third kappa shape index (κ3) is 1.97. The molecule has 4 aromatic rings. The zero-order valence-electron chi connectivity index (χ0n) is 12.1. The molecule has 106 valence electrons. The van der Waals surface area contributed by atoms with Gasteiger partial charge in [0.15, 0.2) is 5.65 Å². The van der Waals surface area contributed by atoms with Gasteiger partial charge in [0.2, 0.25) is 0 Å². The second-order valence-electron chi connectivity index (χ2n) is 5.13. The maximum absolute atomic E-state index is 4.64. The van der Waals surface area contributed by atoms with Crippen molar-refractivity contribution < 1.29 is 0 Å². The van der Waals surface area contributed by atoms with Crippen molar-refractivity contribution in [3.05, 3.63) is 72.7 Å². The van der Waals surface area contributed by atoms with Gasteiger partial charge in [-0.05, 0) is 6.92 Å². The zero-order chi connectivity index (χ0) is 14.9. The Morgan fingerprint density at radius 1 is 0.773 bits per heavy atom. The smallest absolute Gasteiger partial charge is 0.179 e. The lowest BCUT2D eigenvalue weighted by atomic mass is 10.0. The van der Waals surface area contributed by atoms with E-state index in [1.54, 1.807) is 6.20 Å². The summed E-state index contributed by atoms with van der Waals surface area (Å²) in [6.45, 7) is 1.96. The van der Waals surface area contributed by atoms with Gasteiger partial charge in [-0.3, -0.25) is 9.38 Å². The van der Waals surface area contributed by atoms with Gasteiger partial charge in [0, 0.05) is 11.1 Å². The molecule has 0 N–H and O–H groups in total. The summed E-state index contributed by atoms with van der Waals surface area (Å²) in [5.41, 5.74) is 4.89. The Hall–Kier alpha value is -3.01. The lowest BCUT2D eigenvalue weighted by molar-refractivity contribution is 1.01. The molecule has 0 aliphatic heterocycles. The van der Waals surface area contributed by atoms with Gasteiger partial charge in [-0.2, -0.15) is 0 Å². The van der Waals surface area contributed by atoms with Crippen LogP contribution in [0.1, 0.15) is 5.82 Å². The minimum Gasteiger partial charge on any atom is -0.276 e. The highest BCUT2D eigenvalue weighted by molar-refractivity contribution is 5.79. The normalized spacial score (nSPS) is 11.0. The molecule has 0 fully saturated rings. The second kappa shape index (κ2) is 5.07. The van der Waals surface area contributed by atoms with Gasteiger partial charge in [0.1, 0.15) is 5.82 Å². The molecule has 0 spiro atoms. The summed E-state index contributed by atoms with van der Waals surface area (Å²) in [6.07, 6.45) is 1.77. The minimum atomic E-state index is 0.760. The first-order valence-electron chi connectivity index (χ1n) is 7.16. The molecule has 22 heavy (non-hydrogen) atoms. The highest BCUT2D eigenvalue weighted by Crippen LogP contribution is 2.31. The molecule has 0 bridgehead atoms. The van der Waals surface area contributed by atoms with Crippen molar-refractivity contribution >= 4 is 5.65 Å². The molecule has 0 aliphatic rings. The van der Waals surface area contributed by atoms with E-state index in [0.29, 0.717) is 0 Å². The molecule has 4 heteroatoms. The van der Waals surface area contributed by atoms with E-state index in [4.69, 9.17) is 0 Å². The molecule has 0 atom stereocenters. The molecule has 4 nitrogen and oxygen atoms in total. The van der Waals surface area contributed by atoms with Crippen molar-refractivity contribution in [2.24, 2.45) is 0 Å². The van der Waals surface area contributed by atoms with Crippen LogP contribution in [0.4, 0.5) is 0 Å². The Morgan fingerprint density at radius 2 is 1.41 bits per heavy atom. The number of rotatable bonds is 2. The molecule has 0 radical (unpaired) electrons. The second-order valence-corrected chi connectivity index (χ2v) is 5.13. The fourth-order valence-corrected chi connectivity index (χ4v) is 2.70. The van der Waals surface area contributed by atoms with Crippen LogP contribution in [-0.4, -0.2) is 19.6 Å². The molecule has 0 saturated carbocycles. The average Bonchev–Trinajstić information content (AvgIpc) is 2.97. The maximum atomic E-state index is 4.64. The Bertz CT molecular complexity index is 927. The quantitative estimate of drug-likeness (QED) is 0.563. The molecule has 2 aromatic heterocycles. The van der Waals surface area contributed by atoms with Crippen molar-refractivity contribution in [1.82, 2.24) is 19.6 Å². The summed E-state index contributed by atoms with van der Waals surface area (Å²) in [6, 6.07) is 20.4. The number of fused-ring (bicyclic) bond motifs is 1. The third-order valence-electron chi connectivity index (χ3n) is 3.70. The van der Waals surface area contributed by atoms with Gasteiger partial charge >= 0.3 is 0 Å². The van der Waals surface area contributed by atoms with E-state index in [-0.39, 0.29) is 0 Å². The van der Waals surface area contributed by atoms with Crippen LogP contribution in [0, 0.1) is 6.92 Å². The van der Waals surface area contributed by atoms with Crippen molar-refractivity contribution in [2.75, 3.05) is 0 Å². The highest BCUT2D eigenvalue weighted by Gasteiger charge is 2.15. The van der Waals surface area contributed by atoms with Crippen molar-refractivity contribution in [2.45, 2.75) is 6.92 Å². The van der Waals surface area contributed by atoms with E-state index in [9.17, 15) is 0 Å². The largest absolute Gasteiger partial charge is 0.276 e. The predicted octanol–water partition coefficient (Wildman–Crippen LogP) is 3.77. The molecular weight excluding hydrogens is 272 g/mol. The van der Waals surface area contributed by atoms with Crippen molar-refractivity contribution in [3.63, 3.8) is 0 Å². The van der Waals surface area contributed by atoms with Crippen LogP contribution in [0.15, 0.2) is 66.9 Å². The van der Waals surface area contributed by atoms with Gasteiger partial charge < -0.3 is 0 Å². The van der Waals surface area contributed by atoms with Crippen LogP contribution >= 0.6 is 0 Å². The van der Waals surface area contributed by atoms with Gasteiger partial charge in [-0.25, -0.2) is 0 Å². The Labute approximate surface area is 128 Å². The summed E-state index contributed by atoms with van der Waals surface area (Å²) in [4.78, 5) is 4.64. The lowest BCUT2D eigenvalue weighted by Crippen LogP contribution is -2.00. The molecule has 0 aliphatic carbocycles. The summed E-state index contributed by atoms with van der Waals surface area (Å²) >= 11 is 0. The van der Waals surface area contributed by atoms with Crippen molar-refractivity contribution in [1.29, 1.82) is 0 Å². The third-order valence-corrected chi connectivity index (χ3v) is 3.70. The fourth-order valence-electron chi connectivity index (χ4n) is 2.70. The van der Waals surface area contributed by atoms with Crippen LogP contribution in [0.3, 0.4) is 0 Å². The molecule has 0 saturated heterocycles. The Balaban J connectivity index is 2.11. The van der Waals surface area contributed by atoms with E-state index in [1.807, 2.05) is 43.3 Å². The van der Waals surface area contributed by atoms with Crippen molar-refractivity contribution in [3.8, 4) is 22.5 Å². The SMILES string of the molecule is Cc1nnc2cnc(-c3ccccc3)c(-c3ccccc3)n12. The van der Waals surface area contributed by atoms with Gasteiger partial charge in [-0.15, -0.1) is 10.2 Å². The Morgan fingerprint density at radius 3 is 2.09 bits per heavy atom. The zero-order valence-corrected chi connectivity index (χ0v) is 12.1. The van der Waals surface area contributed by atoms with Crippen LogP contribution in [0.2, 0.25) is 0 Å².